The first-order chi connectivity index (χ1) is 7.17. The third-order valence-electron chi connectivity index (χ3n) is 1.45. The molecule has 0 heterocycles. The van der Waals surface area contributed by atoms with Gasteiger partial charge in [0.2, 0.25) is 0 Å². The van der Waals surface area contributed by atoms with Crippen molar-refractivity contribution in [3.8, 4) is 0 Å². The standard InChI is InChI=1S/C9H9NO2.C3H8/c1-12-9(11)8(10)7-5-3-2-4-6-7;1-3-2/h2-6,10H,1H3;3H2,1-2H3. The van der Waals surface area contributed by atoms with Gasteiger partial charge in [-0.3, -0.25) is 5.41 Å². The lowest BCUT2D eigenvalue weighted by molar-refractivity contribution is -0.132. The van der Waals surface area contributed by atoms with Crippen LogP contribution in [0.25, 0.3) is 0 Å². The maximum Gasteiger partial charge on any atom is 0.356 e. The van der Waals surface area contributed by atoms with Crippen molar-refractivity contribution in [3.63, 3.8) is 0 Å². The first kappa shape index (κ1) is 13.4. The van der Waals surface area contributed by atoms with Crippen molar-refractivity contribution in [2.24, 2.45) is 0 Å². The molecule has 0 spiro atoms. The summed E-state index contributed by atoms with van der Waals surface area (Å²) < 4.78 is 4.40. The molecular formula is C12H17NO2. The molecule has 0 unspecified atom stereocenters. The SMILES string of the molecule is CCC.COC(=O)C(=N)c1ccccc1. The van der Waals surface area contributed by atoms with Gasteiger partial charge in [-0.2, -0.15) is 0 Å². The van der Waals surface area contributed by atoms with Gasteiger partial charge in [-0.05, 0) is 0 Å². The molecule has 0 aliphatic rings. The summed E-state index contributed by atoms with van der Waals surface area (Å²) in [7, 11) is 1.26. The first-order valence-corrected chi connectivity index (χ1v) is 4.89. The molecule has 0 bridgehead atoms. The summed E-state index contributed by atoms with van der Waals surface area (Å²) in [5.41, 5.74) is 0.461. The van der Waals surface area contributed by atoms with Crippen LogP contribution >= 0.6 is 0 Å². The summed E-state index contributed by atoms with van der Waals surface area (Å²) in [4.78, 5) is 10.9. The molecule has 1 rings (SSSR count). The van der Waals surface area contributed by atoms with Crippen molar-refractivity contribution in [2.45, 2.75) is 20.3 Å². The molecule has 0 aliphatic carbocycles. The molecule has 15 heavy (non-hydrogen) atoms. The number of methoxy groups -OCH3 is 1. The van der Waals surface area contributed by atoms with E-state index in [1.165, 1.54) is 13.5 Å². The highest BCUT2D eigenvalue weighted by Crippen LogP contribution is 2.00. The van der Waals surface area contributed by atoms with Gasteiger partial charge in [0.25, 0.3) is 0 Å². The van der Waals surface area contributed by atoms with Crippen molar-refractivity contribution in [1.29, 1.82) is 5.41 Å². The van der Waals surface area contributed by atoms with E-state index in [9.17, 15) is 4.79 Å². The van der Waals surface area contributed by atoms with E-state index in [0.29, 0.717) is 5.56 Å². The Morgan fingerprint density at radius 3 is 2.13 bits per heavy atom. The van der Waals surface area contributed by atoms with E-state index in [1.807, 2.05) is 6.07 Å². The van der Waals surface area contributed by atoms with Crippen LogP contribution in [0.5, 0.6) is 0 Å². The molecule has 0 aliphatic heterocycles. The van der Waals surface area contributed by atoms with Gasteiger partial charge >= 0.3 is 5.97 Å². The van der Waals surface area contributed by atoms with Gasteiger partial charge < -0.3 is 4.74 Å². The molecule has 1 aromatic rings. The molecule has 1 aromatic carbocycles. The second kappa shape index (κ2) is 7.74. The van der Waals surface area contributed by atoms with Gasteiger partial charge in [-0.25, -0.2) is 4.79 Å². The number of rotatable bonds is 2. The zero-order valence-electron chi connectivity index (χ0n) is 9.41. The van der Waals surface area contributed by atoms with Crippen molar-refractivity contribution in [3.05, 3.63) is 35.9 Å². The van der Waals surface area contributed by atoms with Gasteiger partial charge in [0, 0.05) is 5.56 Å². The maximum absolute atomic E-state index is 10.9. The van der Waals surface area contributed by atoms with E-state index >= 15 is 0 Å². The number of carbonyl (C=O) groups is 1. The van der Waals surface area contributed by atoms with Crippen LogP contribution in [0.4, 0.5) is 0 Å². The number of carbonyl (C=O) groups excluding carboxylic acids is 1. The average molecular weight is 207 g/mol. The third kappa shape index (κ3) is 4.96. The fourth-order valence-electron chi connectivity index (χ4n) is 0.825. The smallest absolute Gasteiger partial charge is 0.356 e. The Hall–Kier alpha value is -1.64. The molecule has 3 nitrogen and oxygen atoms in total. The van der Waals surface area contributed by atoms with Crippen LogP contribution in [0.15, 0.2) is 30.3 Å². The molecule has 0 fully saturated rings. The Balaban J connectivity index is 0.000000583. The normalized spacial score (nSPS) is 8.47. The number of hydrogen-bond acceptors (Lipinski definition) is 3. The Labute approximate surface area is 90.6 Å². The van der Waals surface area contributed by atoms with Crippen LogP contribution in [-0.2, 0) is 9.53 Å². The minimum atomic E-state index is -0.610. The summed E-state index contributed by atoms with van der Waals surface area (Å²) in [5, 5.41) is 7.36. The van der Waals surface area contributed by atoms with Gasteiger partial charge in [-0.1, -0.05) is 50.6 Å². The van der Waals surface area contributed by atoms with Gasteiger partial charge in [-0.15, -0.1) is 0 Å². The van der Waals surface area contributed by atoms with Crippen LogP contribution in [0.2, 0.25) is 0 Å². The highest BCUT2D eigenvalue weighted by Gasteiger charge is 2.10. The number of ether oxygens (including phenoxy) is 1. The van der Waals surface area contributed by atoms with Crippen LogP contribution in [-0.4, -0.2) is 18.8 Å². The van der Waals surface area contributed by atoms with Crippen molar-refractivity contribution in [1.82, 2.24) is 0 Å². The summed E-state index contributed by atoms with van der Waals surface area (Å²) >= 11 is 0. The molecule has 82 valence electrons. The third-order valence-corrected chi connectivity index (χ3v) is 1.45. The Morgan fingerprint density at radius 1 is 1.27 bits per heavy atom. The van der Waals surface area contributed by atoms with Crippen molar-refractivity contribution < 1.29 is 9.53 Å². The quantitative estimate of drug-likeness (QED) is 0.598. The first-order valence-electron chi connectivity index (χ1n) is 4.89. The minimum Gasteiger partial charge on any atom is -0.464 e. The lowest BCUT2D eigenvalue weighted by Gasteiger charge is -1.99. The number of hydrogen-bond donors (Lipinski definition) is 1. The topological polar surface area (TPSA) is 50.2 Å². The Bertz CT molecular complexity index is 307. The number of nitrogens with one attached hydrogen (secondary N) is 1. The van der Waals surface area contributed by atoms with E-state index in [-0.39, 0.29) is 5.71 Å². The van der Waals surface area contributed by atoms with Crippen LogP contribution in [0, 0.1) is 5.41 Å². The highest BCUT2D eigenvalue weighted by atomic mass is 16.5. The fraction of sp³-hybridized carbons (Fsp3) is 0.333. The highest BCUT2D eigenvalue weighted by molar-refractivity contribution is 6.41. The van der Waals surface area contributed by atoms with E-state index in [4.69, 9.17) is 5.41 Å². The van der Waals surface area contributed by atoms with Gasteiger partial charge in [0.05, 0.1) is 7.11 Å². The Kier molecular flexibility index (Phi) is 6.89. The monoisotopic (exact) mass is 207 g/mol. The molecule has 0 atom stereocenters. The molecule has 0 amide bonds. The number of benzene rings is 1. The van der Waals surface area contributed by atoms with E-state index in [1.54, 1.807) is 24.3 Å². The Morgan fingerprint density at radius 2 is 1.73 bits per heavy atom. The van der Waals surface area contributed by atoms with Crippen LogP contribution < -0.4 is 0 Å². The molecule has 0 aromatic heterocycles. The second-order valence-electron chi connectivity index (χ2n) is 2.94. The van der Waals surface area contributed by atoms with E-state index < -0.39 is 5.97 Å². The summed E-state index contributed by atoms with van der Waals surface area (Å²) in [6.45, 7) is 4.25. The molecule has 0 saturated heterocycles. The van der Waals surface area contributed by atoms with Crippen molar-refractivity contribution in [2.75, 3.05) is 7.11 Å². The minimum absolute atomic E-state index is 0.113. The zero-order chi connectivity index (χ0) is 11.7. The summed E-state index contributed by atoms with van der Waals surface area (Å²) in [6, 6.07) is 8.76. The molecule has 1 N–H and O–H groups in total. The lowest BCUT2D eigenvalue weighted by atomic mass is 10.1. The largest absolute Gasteiger partial charge is 0.464 e. The van der Waals surface area contributed by atoms with Crippen molar-refractivity contribution >= 4 is 11.7 Å². The maximum atomic E-state index is 10.9. The fourth-order valence-corrected chi connectivity index (χ4v) is 0.825. The summed E-state index contributed by atoms with van der Waals surface area (Å²) in [5.74, 6) is -0.610. The van der Waals surface area contributed by atoms with Gasteiger partial charge in [0.15, 0.2) is 0 Å². The van der Waals surface area contributed by atoms with E-state index in [0.717, 1.165) is 0 Å². The number of esters is 1. The van der Waals surface area contributed by atoms with Crippen LogP contribution in [0.1, 0.15) is 25.8 Å². The second-order valence-corrected chi connectivity index (χ2v) is 2.94. The average Bonchev–Trinajstić information content (AvgIpc) is 2.29. The molecular weight excluding hydrogens is 190 g/mol. The van der Waals surface area contributed by atoms with E-state index in [2.05, 4.69) is 18.6 Å². The van der Waals surface area contributed by atoms with Gasteiger partial charge in [0.1, 0.15) is 5.71 Å². The summed E-state index contributed by atoms with van der Waals surface area (Å²) in [6.07, 6.45) is 1.25. The molecule has 3 heteroatoms. The molecule has 0 radical (unpaired) electrons. The predicted molar refractivity (Wildman–Crippen MR) is 61.3 cm³/mol. The molecule has 0 saturated carbocycles. The van der Waals surface area contributed by atoms with Crippen LogP contribution in [0.3, 0.4) is 0 Å². The predicted octanol–water partition coefficient (Wildman–Crippen LogP) is 2.64. The zero-order valence-corrected chi connectivity index (χ0v) is 9.41. The lowest BCUT2D eigenvalue weighted by Crippen LogP contribution is -2.15.